The van der Waals surface area contributed by atoms with Crippen LogP contribution in [0.15, 0.2) is 48.5 Å². The van der Waals surface area contributed by atoms with E-state index in [9.17, 15) is 0 Å². The minimum absolute atomic E-state index is 0.0388. The van der Waals surface area contributed by atoms with Gasteiger partial charge in [-0.15, -0.1) is 0 Å². The second-order valence-electron chi connectivity index (χ2n) is 4.36. The Morgan fingerprint density at radius 2 is 1.79 bits per heavy atom. The lowest BCUT2D eigenvalue weighted by molar-refractivity contribution is 0.215. The Morgan fingerprint density at radius 3 is 2.42 bits per heavy atom. The highest BCUT2D eigenvalue weighted by atomic mass is 16.5. The molecular formula is C16H19NO2. The van der Waals surface area contributed by atoms with Crippen LogP contribution in [-0.4, -0.2) is 7.11 Å². The molecule has 3 heteroatoms. The fourth-order valence-electron chi connectivity index (χ4n) is 1.92. The number of hydrogen-bond donors (Lipinski definition) is 1. The van der Waals surface area contributed by atoms with Crippen molar-refractivity contribution in [1.82, 2.24) is 0 Å². The van der Waals surface area contributed by atoms with Gasteiger partial charge in [-0.25, -0.2) is 0 Å². The van der Waals surface area contributed by atoms with Crippen molar-refractivity contribution in [2.75, 3.05) is 7.11 Å². The summed E-state index contributed by atoms with van der Waals surface area (Å²) in [4.78, 5) is 0. The lowest BCUT2D eigenvalue weighted by Crippen LogP contribution is -2.05. The van der Waals surface area contributed by atoms with Crippen LogP contribution in [-0.2, 0) is 6.54 Å². The van der Waals surface area contributed by atoms with E-state index in [1.165, 1.54) is 0 Å². The third-order valence-electron chi connectivity index (χ3n) is 3.04. The van der Waals surface area contributed by atoms with Gasteiger partial charge < -0.3 is 15.2 Å². The minimum Gasteiger partial charge on any atom is -0.493 e. The van der Waals surface area contributed by atoms with Crippen molar-refractivity contribution in [3.05, 3.63) is 59.7 Å². The zero-order valence-electron chi connectivity index (χ0n) is 11.3. The highest BCUT2D eigenvalue weighted by molar-refractivity contribution is 5.43. The van der Waals surface area contributed by atoms with E-state index in [2.05, 4.69) is 0 Å². The van der Waals surface area contributed by atoms with E-state index in [-0.39, 0.29) is 6.10 Å². The molecule has 1 atom stereocenters. The van der Waals surface area contributed by atoms with Gasteiger partial charge in [-0.2, -0.15) is 0 Å². The molecule has 0 radical (unpaired) electrons. The average molecular weight is 257 g/mol. The van der Waals surface area contributed by atoms with Crippen molar-refractivity contribution in [1.29, 1.82) is 0 Å². The van der Waals surface area contributed by atoms with Crippen LogP contribution >= 0.6 is 0 Å². The van der Waals surface area contributed by atoms with E-state index in [4.69, 9.17) is 15.2 Å². The van der Waals surface area contributed by atoms with E-state index >= 15 is 0 Å². The minimum atomic E-state index is -0.0388. The number of rotatable bonds is 5. The molecule has 2 N–H and O–H groups in total. The summed E-state index contributed by atoms with van der Waals surface area (Å²) < 4.78 is 11.3. The standard InChI is InChI=1S/C16H19NO2/c1-12(14-6-4-3-5-7-14)19-16-10-13(11-17)8-9-15(16)18-2/h3-10,12H,11,17H2,1-2H3. The smallest absolute Gasteiger partial charge is 0.162 e. The van der Waals surface area contributed by atoms with Crippen molar-refractivity contribution < 1.29 is 9.47 Å². The van der Waals surface area contributed by atoms with Crippen molar-refractivity contribution in [2.24, 2.45) is 5.73 Å². The Morgan fingerprint density at radius 1 is 1.05 bits per heavy atom. The van der Waals surface area contributed by atoms with Crippen LogP contribution < -0.4 is 15.2 Å². The van der Waals surface area contributed by atoms with Crippen LogP contribution in [0.2, 0.25) is 0 Å². The highest BCUT2D eigenvalue weighted by Gasteiger charge is 2.11. The van der Waals surface area contributed by atoms with E-state index < -0.39 is 0 Å². The second-order valence-corrected chi connectivity index (χ2v) is 4.36. The number of ether oxygens (including phenoxy) is 2. The zero-order chi connectivity index (χ0) is 13.7. The van der Waals surface area contributed by atoms with Gasteiger partial charge >= 0.3 is 0 Å². The zero-order valence-corrected chi connectivity index (χ0v) is 11.3. The Hall–Kier alpha value is -2.00. The summed E-state index contributed by atoms with van der Waals surface area (Å²) in [7, 11) is 1.64. The van der Waals surface area contributed by atoms with Crippen LogP contribution in [0.5, 0.6) is 11.5 Å². The number of nitrogens with two attached hydrogens (primary N) is 1. The van der Waals surface area contributed by atoms with Crippen LogP contribution in [0, 0.1) is 0 Å². The first kappa shape index (κ1) is 13.4. The van der Waals surface area contributed by atoms with Crippen molar-refractivity contribution >= 4 is 0 Å². The van der Waals surface area contributed by atoms with E-state index in [0.29, 0.717) is 6.54 Å². The molecule has 0 saturated carbocycles. The summed E-state index contributed by atoms with van der Waals surface area (Å²) in [5, 5.41) is 0. The van der Waals surface area contributed by atoms with Crippen LogP contribution in [0.3, 0.4) is 0 Å². The third-order valence-corrected chi connectivity index (χ3v) is 3.04. The van der Waals surface area contributed by atoms with Crippen LogP contribution in [0.4, 0.5) is 0 Å². The topological polar surface area (TPSA) is 44.5 Å². The van der Waals surface area contributed by atoms with E-state index in [1.54, 1.807) is 7.11 Å². The molecule has 3 nitrogen and oxygen atoms in total. The second kappa shape index (κ2) is 6.25. The maximum absolute atomic E-state index is 5.98. The molecule has 100 valence electrons. The monoisotopic (exact) mass is 257 g/mol. The number of benzene rings is 2. The molecule has 0 aliphatic heterocycles. The van der Waals surface area contributed by atoms with Gasteiger partial charge in [0.25, 0.3) is 0 Å². The van der Waals surface area contributed by atoms with Gasteiger partial charge in [0.1, 0.15) is 6.10 Å². The Bertz CT molecular complexity index is 526. The molecule has 0 heterocycles. The molecule has 2 aromatic rings. The summed E-state index contributed by atoms with van der Waals surface area (Å²) in [6.07, 6.45) is -0.0388. The largest absolute Gasteiger partial charge is 0.493 e. The summed E-state index contributed by atoms with van der Waals surface area (Å²) in [5.41, 5.74) is 7.81. The summed E-state index contributed by atoms with van der Waals surface area (Å²) in [5.74, 6) is 1.45. The van der Waals surface area contributed by atoms with Crippen LogP contribution in [0.1, 0.15) is 24.2 Å². The van der Waals surface area contributed by atoms with Crippen molar-refractivity contribution in [2.45, 2.75) is 19.6 Å². The van der Waals surface area contributed by atoms with Gasteiger partial charge in [0.15, 0.2) is 11.5 Å². The summed E-state index contributed by atoms with van der Waals surface area (Å²) in [6, 6.07) is 15.8. The first-order valence-corrected chi connectivity index (χ1v) is 6.33. The fourth-order valence-corrected chi connectivity index (χ4v) is 1.92. The molecule has 0 aliphatic carbocycles. The molecule has 0 aromatic heterocycles. The van der Waals surface area contributed by atoms with Gasteiger partial charge in [-0.05, 0) is 30.2 Å². The van der Waals surface area contributed by atoms with Crippen molar-refractivity contribution in [3.8, 4) is 11.5 Å². The molecule has 1 unspecified atom stereocenters. The van der Waals surface area contributed by atoms with Gasteiger partial charge in [0.05, 0.1) is 7.11 Å². The Balaban J connectivity index is 2.22. The molecule has 2 aromatic carbocycles. The molecule has 19 heavy (non-hydrogen) atoms. The quantitative estimate of drug-likeness (QED) is 0.893. The molecule has 0 spiro atoms. The first-order valence-electron chi connectivity index (χ1n) is 6.33. The van der Waals surface area contributed by atoms with E-state index in [1.807, 2.05) is 55.5 Å². The van der Waals surface area contributed by atoms with E-state index in [0.717, 1.165) is 22.6 Å². The third kappa shape index (κ3) is 3.26. The van der Waals surface area contributed by atoms with Gasteiger partial charge in [0, 0.05) is 6.54 Å². The van der Waals surface area contributed by atoms with Gasteiger partial charge in [-0.3, -0.25) is 0 Å². The molecule has 0 saturated heterocycles. The Labute approximate surface area is 114 Å². The van der Waals surface area contributed by atoms with Gasteiger partial charge in [-0.1, -0.05) is 36.4 Å². The summed E-state index contributed by atoms with van der Waals surface area (Å²) in [6.45, 7) is 2.50. The van der Waals surface area contributed by atoms with Crippen LogP contribution in [0.25, 0.3) is 0 Å². The maximum Gasteiger partial charge on any atom is 0.162 e. The number of hydrogen-bond acceptors (Lipinski definition) is 3. The highest BCUT2D eigenvalue weighted by Crippen LogP contribution is 2.31. The first-order chi connectivity index (χ1) is 9.24. The lowest BCUT2D eigenvalue weighted by atomic mass is 10.1. The molecule has 2 rings (SSSR count). The average Bonchev–Trinajstić information content (AvgIpc) is 2.48. The molecule has 0 aliphatic rings. The molecule has 0 amide bonds. The Kier molecular flexibility index (Phi) is 4.42. The van der Waals surface area contributed by atoms with Crippen molar-refractivity contribution in [3.63, 3.8) is 0 Å². The normalized spacial score (nSPS) is 11.9. The number of methoxy groups -OCH3 is 1. The van der Waals surface area contributed by atoms with Gasteiger partial charge in [0.2, 0.25) is 0 Å². The molecular weight excluding hydrogens is 238 g/mol. The predicted octanol–water partition coefficient (Wildman–Crippen LogP) is 3.29. The lowest BCUT2D eigenvalue weighted by Gasteiger charge is -2.18. The molecule has 0 bridgehead atoms. The summed E-state index contributed by atoms with van der Waals surface area (Å²) >= 11 is 0. The fraction of sp³-hybridized carbons (Fsp3) is 0.250. The SMILES string of the molecule is COc1ccc(CN)cc1OC(C)c1ccccc1. The maximum atomic E-state index is 5.98. The molecule has 0 fully saturated rings. The predicted molar refractivity (Wildman–Crippen MR) is 76.4 cm³/mol.